The molecule has 0 amide bonds. The second kappa shape index (κ2) is 3.22. The number of ether oxygens (including phenoxy) is 2. The Morgan fingerprint density at radius 1 is 1.25 bits per heavy atom. The van der Waals surface area contributed by atoms with Crippen molar-refractivity contribution in [2.75, 3.05) is 0 Å². The van der Waals surface area contributed by atoms with Crippen molar-refractivity contribution in [2.24, 2.45) is 17.3 Å². The lowest BCUT2D eigenvalue weighted by Gasteiger charge is -2.08. The number of esters is 1. The van der Waals surface area contributed by atoms with Crippen LogP contribution < -0.4 is 0 Å². The minimum absolute atomic E-state index is 0.0154. The largest absolute Gasteiger partial charge is 0.463 e. The van der Waals surface area contributed by atoms with Crippen LogP contribution in [0.4, 0.5) is 0 Å². The molecule has 92 valence electrons. The Kier molecular flexibility index (Phi) is 2.40. The Morgan fingerprint density at radius 2 is 1.75 bits per heavy atom. The van der Waals surface area contributed by atoms with Gasteiger partial charge in [0.1, 0.15) is 0 Å². The van der Waals surface area contributed by atoms with Crippen LogP contribution in [-0.2, 0) is 14.3 Å². The molecule has 1 saturated heterocycles. The van der Waals surface area contributed by atoms with Crippen LogP contribution in [0.15, 0.2) is 0 Å². The summed E-state index contributed by atoms with van der Waals surface area (Å²) >= 11 is 0. The van der Waals surface area contributed by atoms with E-state index in [-0.39, 0.29) is 35.1 Å². The van der Waals surface area contributed by atoms with Crippen LogP contribution in [0.3, 0.4) is 0 Å². The van der Waals surface area contributed by atoms with Gasteiger partial charge in [-0.2, -0.15) is 0 Å². The van der Waals surface area contributed by atoms with Crippen molar-refractivity contribution in [3.63, 3.8) is 0 Å². The van der Waals surface area contributed by atoms with Gasteiger partial charge in [0.2, 0.25) is 0 Å². The van der Waals surface area contributed by atoms with Crippen molar-refractivity contribution in [1.82, 2.24) is 0 Å². The fourth-order valence-electron chi connectivity index (χ4n) is 2.80. The summed E-state index contributed by atoms with van der Waals surface area (Å²) in [5, 5.41) is 0. The molecule has 1 heterocycles. The van der Waals surface area contributed by atoms with Gasteiger partial charge in [0, 0.05) is 5.92 Å². The molecule has 3 atom stereocenters. The van der Waals surface area contributed by atoms with Crippen molar-refractivity contribution < 1.29 is 14.3 Å². The summed E-state index contributed by atoms with van der Waals surface area (Å²) in [5.74, 6) is 0.284. The minimum Gasteiger partial charge on any atom is -0.463 e. The highest BCUT2D eigenvalue weighted by molar-refractivity contribution is 5.78. The summed E-state index contributed by atoms with van der Waals surface area (Å²) in [4.78, 5) is 11.9. The van der Waals surface area contributed by atoms with Crippen LogP contribution in [0.1, 0.15) is 41.5 Å². The number of epoxide rings is 1. The zero-order valence-corrected chi connectivity index (χ0v) is 11.0. The van der Waals surface area contributed by atoms with Crippen LogP contribution >= 0.6 is 0 Å². The summed E-state index contributed by atoms with van der Waals surface area (Å²) in [5.41, 5.74) is -0.0147. The molecule has 2 fully saturated rings. The van der Waals surface area contributed by atoms with Gasteiger partial charge in [0.05, 0.1) is 23.7 Å². The predicted molar refractivity (Wildman–Crippen MR) is 60.9 cm³/mol. The molecule has 0 spiro atoms. The van der Waals surface area contributed by atoms with E-state index in [4.69, 9.17) is 9.47 Å². The van der Waals surface area contributed by atoms with Gasteiger partial charge in [-0.25, -0.2) is 0 Å². The lowest BCUT2D eigenvalue weighted by atomic mass is 10.0. The summed E-state index contributed by atoms with van der Waals surface area (Å²) in [6.45, 7) is 12.2. The average molecular weight is 226 g/mol. The van der Waals surface area contributed by atoms with E-state index in [2.05, 4.69) is 27.7 Å². The summed E-state index contributed by atoms with van der Waals surface area (Å²) in [7, 11) is 0. The van der Waals surface area contributed by atoms with Crippen LogP contribution in [0, 0.1) is 17.3 Å². The Bertz CT molecular complexity index is 317. The molecule has 0 radical (unpaired) electrons. The lowest BCUT2D eigenvalue weighted by molar-refractivity contribution is -0.150. The van der Waals surface area contributed by atoms with Gasteiger partial charge in [-0.1, -0.05) is 13.8 Å². The molecule has 3 unspecified atom stereocenters. The molecule has 3 nitrogen and oxygen atoms in total. The van der Waals surface area contributed by atoms with E-state index >= 15 is 0 Å². The van der Waals surface area contributed by atoms with Crippen molar-refractivity contribution in [2.45, 2.75) is 59.4 Å². The average Bonchev–Trinajstić information content (AvgIpc) is 2.84. The molecule has 16 heavy (non-hydrogen) atoms. The maximum Gasteiger partial charge on any atom is 0.310 e. The topological polar surface area (TPSA) is 38.8 Å². The maximum absolute atomic E-state index is 11.9. The first kappa shape index (κ1) is 11.9. The third-order valence-corrected chi connectivity index (χ3v) is 3.90. The van der Waals surface area contributed by atoms with Crippen LogP contribution in [0.5, 0.6) is 0 Å². The highest BCUT2D eigenvalue weighted by atomic mass is 16.6. The van der Waals surface area contributed by atoms with Crippen molar-refractivity contribution >= 4 is 5.97 Å². The van der Waals surface area contributed by atoms with Gasteiger partial charge in [-0.05, 0) is 33.1 Å². The van der Waals surface area contributed by atoms with Gasteiger partial charge in [0.25, 0.3) is 0 Å². The Hall–Kier alpha value is -0.570. The summed E-state index contributed by atoms with van der Waals surface area (Å²) < 4.78 is 10.9. The van der Waals surface area contributed by atoms with Crippen LogP contribution in [-0.4, -0.2) is 23.8 Å². The second-order valence-electron chi connectivity index (χ2n) is 6.45. The van der Waals surface area contributed by atoms with Gasteiger partial charge >= 0.3 is 5.97 Å². The van der Waals surface area contributed by atoms with Crippen molar-refractivity contribution in [3.05, 3.63) is 0 Å². The van der Waals surface area contributed by atoms with Gasteiger partial charge < -0.3 is 9.47 Å². The van der Waals surface area contributed by atoms with Gasteiger partial charge in [-0.3, -0.25) is 4.79 Å². The smallest absolute Gasteiger partial charge is 0.310 e. The van der Waals surface area contributed by atoms with E-state index < -0.39 is 0 Å². The number of hydrogen-bond acceptors (Lipinski definition) is 3. The standard InChI is InChI=1S/C13H22O3/c1-7(2)15-11(14)9-8(12(9,3)4)10-13(5,6)16-10/h7-10H,1-6H3. The van der Waals surface area contributed by atoms with E-state index in [0.29, 0.717) is 5.92 Å². The molecule has 1 aliphatic carbocycles. The molecular weight excluding hydrogens is 204 g/mol. The summed E-state index contributed by atoms with van der Waals surface area (Å²) in [6.07, 6.45) is 0.199. The Balaban J connectivity index is 2.00. The first-order valence-corrected chi connectivity index (χ1v) is 6.06. The van der Waals surface area contributed by atoms with Crippen molar-refractivity contribution in [1.29, 1.82) is 0 Å². The molecule has 0 aromatic carbocycles. The quantitative estimate of drug-likeness (QED) is 0.548. The van der Waals surface area contributed by atoms with E-state index in [1.54, 1.807) is 0 Å². The Morgan fingerprint density at radius 3 is 2.12 bits per heavy atom. The van der Waals surface area contributed by atoms with Crippen LogP contribution in [0.2, 0.25) is 0 Å². The predicted octanol–water partition coefficient (Wildman–Crippen LogP) is 2.39. The fourth-order valence-corrected chi connectivity index (χ4v) is 2.80. The van der Waals surface area contributed by atoms with E-state index in [9.17, 15) is 4.79 Å². The van der Waals surface area contributed by atoms with E-state index in [1.165, 1.54) is 0 Å². The second-order valence-corrected chi connectivity index (χ2v) is 6.45. The Labute approximate surface area is 97.5 Å². The molecule has 1 aliphatic heterocycles. The molecule has 0 N–H and O–H groups in total. The number of carbonyl (C=O) groups excluding carboxylic acids is 1. The first-order valence-electron chi connectivity index (χ1n) is 6.06. The number of hydrogen-bond donors (Lipinski definition) is 0. The minimum atomic E-state index is -0.0590. The molecule has 0 aromatic rings. The third-order valence-electron chi connectivity index (χ3n) is 3.90. The molecule has 2 aliphatic rings. The normalized spacial score (nSPS) is 38.3. The van der Waals surface area contributed by atoms with E-state index in [0.717, 1.165) is 0 Å². The summed E-state index contributed by atoms with van der Waals surface area (Å²) in [6, 6.07) is 0. The first-order chi connectivity index (χ1) is 7.18. The van der Waals surface area contributed by atoms with Gasteiger partial charge in [-0.15, -0.1) is 0 Å². The van der Waals surface area contributed by atoms with Gasteiger partial charge in [0.15, 0.2) is 0 Å². The maximum atomic E-state index is 11.9. The fraction of sp³-hybridized carbons (Fsp3) is 0.923. The molecule has 2 rings (SSSR count). The number of carbonyl (C=O) groups is 1. The highest BCUT2D eigenvalue weighted by Gasteiger charge is 2.73. The lowest BCUT2D eigenvalue weighted by Crippen LogP contribution is -2.16. The molecular formula is C13H22O3. The molecule has 1 saturated carbocycles. The molecule has 3 heteroatoms. The van der Waals surface area contributed by atoms with E-state index in [1.807, 2.05) is 13.8 Å². The third kappa shape index (κ3) is 1.75. The zero-order chi connectivity index (χ0) is 12.3. The highest BCUT2D eigenvalue weighted by Crippen LogP contribution is 2.66. The zero-order valence-electron chi connectivity index (χ0n) is 11.0. The molecule has 0 bridgehead atoms. The number of rotatable bonds is 3. The SMILES string of the molecule is CC(C)OC(=O)C1C(C2OC2(C)C)C1(C)C. The van der Waals surface area contributed by atoms with Crippen LogP contribution in [0.25, 0.3) is 0 Å². The van der Waals surface area contributed by atoms with Crippen molar-refractivity contribution in [3.8, 4) is 0 Å². The molecule has 0 aromatic heterocycles. The monoisotopic (exact) mass is 226 g/mol.